The van der Waals surface area contributed by atoms with Crippen molar-refractivity contribution in [3.63, 3.8) is 0 Å². The van der Waals surface area contributed by atoms with E-state index in [1.165, 1.54) is 0 Å². The first kappa shape index (κ1) is 25.6. The molecule has 0 saturated heterocycles. The van der Waals surface area contributed by atoms with E-state index in [9.17, 15) is 17.6 Å². The largest absolute Gasteiger partial charge is 0.416 e. The van der Waals surface area contributed by atoms with Crippen LogP contribution < -0.4 is 10.6 Å². The second-order valence-electron chi connectivity index (χ2n) is 6.72. The number of rotatable bonds is 6. The number of alkyl halides is 3. The third-order valence-corrected chi connectivity index (χ3v) is 4.47. The van der Waals surface area contributed by atoms with Crippen LogP contribution in [0.15, 0.2) is 53.9 Å². The summed E-state index contributed by atoms with van der Waals surface area (Å²) in [5.74, 6) is 0.952. The summed E-state index contributed by atoms with van der Waals surface area (Å²) < 4.78 is 54.7. The molecule has 2 N–H and O–H groups in total. The van der Waals surface area contributed by atoms with Crippen molar-refractivity contribution in [2.75, 3.05) is 6.54 Å². The summed E-state index contributed by atoms with van der Waals surface area (Å²) >= 11 is 0. The fraction of sp³-hybridized carbons (Fsp3) is 0.286. The van der Waals surface area contributed by atoms with Gasteiger partial charge in [-0.15, -0.1) is 24.0 Å². The molecule has 6 nitrogen and oxygen atoms in total. The Labute approximate surface area is 200 Å². The van der Waals surface area contributed by atoms with Crippen LogP contribution in [0, 0.1) is 12.7 Å². The maximum atomic E-state index is 13.3. The molecule has 0 bridgehead atoms. The average molecular weight is 562 g/mol. The summed E-state index contributed by atoms with van der Waals surface area (Å²) in [7, 11) is 0. The zero-order valence-electron chi connectivity index (χ0n) is 17.4. The number of hydrogen-bond donors (Lipinski definition) is 2. The monoisotopic (exact) mass is 562 g/mol. The number of aromatic nitrogens is 3. The number of nitrogens with zero attached hydrogens (tertiary/aromatic N) is 4. The highest BCUT2D eigenvalue weighted by atomic mass is 127. The van der Waals surface area contributed by atoms with Crippen molar-refractivity contribution in [2.45, 2.75) is 33.1 Å². The van der Waals surface area contributed by atoms with Crippen molar-refractivity contribution in [3.8, 4) is 5.82 Å². The molecule has 11 heteroatoms. The van der Waals surface area contributed by atoms with Crippen LogP contribution in [0.1, 0.15) is 29.4 Å². The van der Waals surface area contributed by atoms with Gasteiger partial charge in [0.2, 0.25) is 0 Å². The molecule has 32 heavy (non-hydrogen) atoms. The lowest BCUT2D eigenvalue weighted by Crippen LogP contribution is -2.37. The molecule has 3 aromatic rings. The van der Waals surface area contributed by atoms with Gasteiger partial charge in [0.25, 0.3) is 0 Å². The molecule has 0 radical (unpaired) electrons. The van der Waals surface area contributed by atoms with Crippen LogP contribution in [0.2, 0.25) is 0 Å². The topological polar surface area (TPSA) is 67.1 Å². The summed E-state index contributed by atoms with van der Waals surface area (Å²) in [5, 5.41) is 5.85. The van der Waals surface area contributed by atoms with E-state index >= 15 is 0 Å². The molecular formula is C21H23F4IN6. The Morgan fingerprint density at radius 1 is 1.12 bits per heavy atom. The highest BCUT2D eigenvalue weighted by Crippen LogP contribution is 2.32. The molecule has 0 amide bonds. The summed E-state index contributed by atoms with van der Waals surface area (Å²) in [6.45, 7) is 4.37. The van der Waals surface area contributed by atoms with Gasteiger partial charge in [-0.05, 0) is 43.2 Å². The van der Waals surface area contributed by atoms with Gasteiger partial charge < -0.3 is 10.6 Å². The fourth-order valence-corrected chi connectivity index (χ4v) is 2.93. The van der Waals surface area contributed by atoms with Gasteiger partial charge in [-0.25, -0.2) is 19.4 Å². The number of imidazole rings is 1. The molecule has 0 fully saturated rings. The fourth-order valence-electron chi connectivity index (χ4n) is 2.93. The van der Waals surface area contributed by atoms with Crippen LogP contribution in [-0.4, -0.2) is 27.0 Å². The number of halogens is 5. The summed E-state index contributed by atoms with van der Waals surface area (Å²) in [6.07, 6.45) is 0.543. The SMILES string of the molecule is CCNC(=NCc1ccc(-n2ccnc2C)nc1)NCc1ccc(F)cc1C(F)(F)F.I. The predicted octanol–water partition coefficient (Wildman–Crippen LogP) is 4.61. The quantitative estimate of drug-likeness (QED) is 0.200. The highest BCUT2D eigenvalue weighted by Gasteiger charge is 2.33. The number of pyridine rings is 1. The van der Waals surface area contributed by atoms with Gasteiger partial charge >= 0.3 is 6.18 Å². The van der Waals surface area contributed by atoms with Crippen LogP contribution in [-0.2, 0) is 19.3 Å². The third-order valence-electron chi connectivity index (χ3n) is 4.47. The molecule has 0 atom stereocenters. The second-order valence-corrected chi connectivity index (χ2v) is 6.72. The first-order valence-electron chi connectivity index (χ1n) is 9.61. The van der Waals surface area contributed by atoms with Crippen molar-refractivity contribution in [1.82, 2.24) is 25.2 Å². The molecule has 0 saturated carbocycles. The Morgan fingerprint density at radius 3 is 2.50 bits per heavy atom. The lowest BCUT2D eigenvalue weighted by atomic mass is 10.1. The molecule has 0 unspecified atom stereocenters. The summed E-state index contributed by atoms with van der Waals surface area (Å²) in [4.78, 5) is 13.0. The van der Waals surface area contributed by atoms with Gasteiger partial charge in [0, 0.05) is 31.7 Å². The van der Waals surface area contributed by atoms with Crippen molar-refractivity contribution < 1.29 is 17.6 Å². The molecule has 0 spiro atoms. The van der Waals surface area contributed by atoms with Gasteiger partial charge in [-0.2, -0.15) is 13.2 Å². The van der Waals surface area contributed by atoms with E-state index in [4.69, 9.17) is 0 Å². The Kier molecular flexibility index (Phi) is 8.99. The molecule has 1 aromatic carbocycles. The van der Waals surface area contributed by atoms with Crippen LogP contribution in [0.5, 0.6) is 0 Å². The lowest BCUT2D eigenvalue weighted by Gasteiger charge is -2.16. The Bertz CT molecular complexity index is 1050. The maximum absolute atomic E-state index is 13.3. The van der Waals surface area contributed by atoms with Crippen molar-refractivity contribution >= 4 is 29.9 Å². The number of nitrogens with one attached hydrogen (secondary N) is 2. The number of aliphatic imine (C=N–C) groups is 1. The Morgan fingerprint density at radius 2 is 1.91 bits per heavy atom. The van der Waals surface area contributed by atoms with E-state index in [0.717, 1.165) is 29.3 Å². The van der Waals surface area contributed by atoms with Crippen molar-refractivity contribution in [2.24, 2.45) is 4.99 Å². The minimum Gasteiger partial charge on any atom is -0.357 e. The summed E-state index contributed by atoms with van der Waals surface area (Å²) in [5.41, 5.74) is -0.247. The van der Waals surface area contributed by atoms with E-state index in [1.807, 2.05) is 36.7 Å². The Balaban J connectivity index is 0.00000363. The van der Waals surface area contributed by atoms with Crippen molar-refractivity contribution in [1.29, 1.82) is 0 Å². The smallest absolute Gasteiger partial charge is 0.357 e. The van der Waals surface area contributed by atoms with Gasteiger partial charge in [-0.1, -0.05) is 12.1 Å². The lowest BCUT2D eigenvalue weighted by molar-refractivity contribution is -0.138. The second kappa shape index (κ2) is 11.2. The van der Waals surface area contributed by atoms with Crippen LogP contribution in [0.3, 0.4) is 0 Å². The normalized spacial score (nSPS) is 11.8. The molecule has 3 rings (SSSR count). The molecule has 2 aromatic heterocycles. The zero-order chi connectivity index (χ0) is 22.4. The molecule has 0 aliphatic rings. The van der Waals surface area contributed by atoms with E-state index in [1.54, 1.807) is 12.4 Å². The molecule has 0 aliphatic heterocycles. The van der Waals surface area contributed by atoms with E-state index in [-0.39, 0.29) is 42.6 Å². The first-order valence-corrected chi connectivity index (χ1v) is 9.61. The summed E-state index contributed by atoms with van der Waals surface area (Å²) in [6, 6.07) is 6.34. The van der Waals surface area contributed by atoms with Gasteiger partial charge in [0.15, 0.2) is 5.96 Å². The van der Waals surface area contributed by atoms with Crippen molar-refractivity contribution in [3.05, 3.63) is 77.3 Å². The van der Waals surface area contributed by atoms with Gasteiger partial charge in [-0.3, -0.25) is 4.57 Å². The zero-order valence-corrected chi connectivity index (χ0v) is 19.8. The van der Waals surface area contributed by atoms with E-state index in [0.29, 0.717) is 18.6 Å². The van der Waals surface area contributed by atoms with Gasteiger partial charge in [0.05, 0.1) is 12.1 Å². The number of benzene rings is 1. The molecular weight excluding hydrogens is 539 g/mol. The number of aryl methyl sites for hydroxylation is 1. The minimum atomic E-state index is -4.64. The number of hydrogen-bond acceptors (Lipinski definition) is 3. The average Bonchev–Trinajstić information content (AvgIpc) is 3.16. The van der Waals surface area contributed by atoms with Gasteiger partial charge in [0.1, 0.15) is 17.5 Å². The van der Waals surface area contributed by atoms with Crippen LogP contribution in [0.25, 0.3) is 5.82 Å². The Hall–Kier alpha value is -2.70. The van der Waals surface area contributed by atoms with E-state index in [2.05, 4.69) is 25.6 Å². The minimum absolute atomic E-state index is 0. The number of guanidine groups is 1. The highest BCUT2D eigenvalue weighted by molar-refractivity contribution is 14.0. The maximum Gasteiger partial charge on any atom is 0.416 e. The standard InChI is InChI=1S/C21H22F4N6.HI/c1-3-26-20(30-13-16-5-6-17(22)10-18(16)21(23,24)25)29-12-15-4-7-19(28-11-15)31-9-8-27-14(31)2;/h4-11H,3,12-13H2,1-2H3,(H2,26,29,30);1H. The first-order chi connectivity index (χ1) is 14.8. The third kappa shape index (κ3) is 6.65. The molecule has 0 aliphatic carbocycles. The molecule has 172 valence electrons. The van der Waals surface area contributed by atoms with Crippen LogP contribution >= 0.6 is 24.0 Å². The molecule has 2 heterocycles. The van der Waals surface area contributed by atoms with Crippen LogP contribution in [0.4, 0.5) is 17.6 Å². The predicted molar refractivity (Wildman–Crippen MR) is 125 cm³/mol. The van der Waals surface area contributed by atoms with E-state index < -0.39 is 17.6 Å².